The minimum absolute atomic E-state index is 0.0978. The molecule has 0 bridgehead atoms. The van der Waals surface area contributed by atoms with E-state index >= 15 is 0 Å². The van der Waals surface area contributed by atoms with Gasteiger partial charge < -0.3 is 20.3 Å². The number of piperidine rings is 1. The fourth-order valence-corrected chi connectivity index (χ4v) is 6.34. The summed E-state index contributed by atoms with van der Waals surface area (Å²) >= 11 is 0. The van der Waals surface area contributed by atoms with Gasteiger partial charge >= 0.3 is 6.09 Å². The Morgan fingerprint density at radius 2 is 1.83 bits per heavy atom. The standard InChI is InChI=1S/C22H25N7O5S.C6H12/c1-27(2)35(33,34)16-5-3-15(4-6-16)25-19-18-17(7-12-24-20(18)30)29(26-19)22(8-11-23)9-13-28(14-10-22)21(31)32;1-6-4-2-3-5-6/h3-7,12H,8-10,13-14H2,1-2H3,(H,24,30)(H,25,26)(H,31,32);6H,2-5H2,1H3. The molecule has 1 aliphatic heterocycles. The lowest BCUT2D eigenvalue weighted by Gasteiger charge is -2.40. The first-order valence-electron chi connectivity index (χ1n) is 13.7. The minimum Gasteiger partial charge on any atom is -0.465 e. The zero-order valence-corrected chi connectivity index (χ0v) is 24.4. The highest BCUT2D eigenvalue weighted by molar-refractivity contribution is 7.89. The van der Waals surface area contributed by atoms with Gasteiger partial charge in [-0.2, -0.15) is 10.4 Å². The second-order valence-electron chi connectivity index (χ2n) is 11.0. The average Bonchev–Trinajstić information content (AvgIpc) is 3.57. The Hall–Kier alpha value is -3.89. The first-order chi connectivity index (χ1) is 19.5. The molecular formula is C28H37N7O5S. The summed E-state index contributed by atoms with van der Waals surface area (Å²) in [6.07, 6.45) is 7.27. The molecule has 41 heavy (non-hydrogen) atoms. The summed E-state index contributed by atoms with van der Waals surface area (Å²) in [4.78, 5) is 28.2. The molecular weight excluding hydrogens is 546 g/mol. The van der Waals surface area contributed by atoms with Crippen LogP contribution in [0.15, 0.2) is 46.2 Å². The lowest BCUT2D eigenvalue weighted by Crippen LogP contribution is -2.48. The molecule has 0 spiro atoms. The Morgan fingerprint density at radius 1 is 1.20 bits per heavy atom. The number of carboxylic acid groups (broad SMARTS) is 1. The number of fused-ring (bicyclic) bond motifs is 1. The van der Waals surface area contributed by atoms with E-state index in [-0.39, 0.29) is 41.2 Å². The molecule has 12 nitrogen and oxygen atoms in total. The van der Waals surface area contributed by atoms with Crippen LogP contribution in [0.3, 0.4) is 0 Å². The van der Waals surface area contributed by atoms with Gasteiger partial charge in [0.2, 0.25) is 10.0 Å². The number of benzene rings is 1. The van der Waals surface area contributed by atoms with Gasteiger partial charge in [0.05, 0.1) is 28.4 Å². The molecule has 2 fully saturated rings. The van der Waals surface area contributed by atoms with Crippen molar-refractivity contribution in [1.29, 1.82) is 5.26 Å². The number of aromatic amines is 1. The predicted molar refractivity (Wildman–Crippen MR) is 156 cm³/mol. The van der Waals surface area contributed by atoms with Crippen LogP contribution in [0.25, 0.3) is 10.9 Å². The summed E-state index contributed by atoms with van der Waals surface area (Å²) in [5.41, 5.74) is -0.121. The molecule has 1 aromatic carbocycles. The summed E-state index contributed by atoms with van der Waals surface area (Å²) in [7, 11) is -0.691. The van der Waals surface area contributed by atoms with Crippen LogP contribution in [-0.4, -0.2) is 70.8 Å². The van der Waals surface area contributed by atoms with Crippen molar-refractivity contribution >= 4 is 38.5 Å². The number of nitriles is 1. The largest absolute Gasteiger partial charge is 0.465 e. The highest BCUT2D eigenvalue weighted by Crippen LogP contribution is 2.37. The lowest BCUT2D eigenvalue weighted by molar-refractivity contribution is 0.0912. The van der Waals surface area contributed by atoms with E-state index in [2.05, 4.69) is 28.4 Å². The van der Waals surface area contributed by atoms with Gasteiger partial charge in [0.25, 0.3) is 5.56 Å². The number of aromatic nitrogens is 3. The molecule has 3 N–H and O–H groups in total. The van der Waals surface area contributed by atoms with Crippen molar-refractivity contribution in [3.8, 4) is 6.07 Å². The van der Waals surface area contributed by atoms with Crippen LogP contribution >= 0.6 is 0 Å². The van der Waals surface area contributed by atoms with Crippen molar-refractivity contribution in [3.05, 3.63) is 46.9 Å². The third-order valence-corrected chi connectivity index (χ3v) is 9.79. The lowest BCUT2D eigenvalue weighted by atomic mass is 9.85. The number of amides is 1. The summed E-state index contributed by atoms with van der Waals surface area (Å²) < 4.78 is 27.5. The Kier molecular flexibility index (Phi) is 9.04. The molecule has 0 unspecified atom stereocenters. The monoisotopic (exact) mass is 583 g/mol. The number of nitrogens with one attached hydrogen (secondary N) is 2. The second-order valence-corrected chi connectivity index (χ2v) is 13.1. The molecule has 1 aliphatic carbocycles. The molecule has 5 rings (SSSR count). The topological polar surface area (TPSA) is 164 Å². The highest BCUT2D eigenvalue weighted by atomic mass is 32.2. The van der Waals surface area contributed by atoms with Crippen LogP contribution in [-0.2, 0) is 15.6 Å². The van der Waals surface area contributed by atoms with E-state index in [9.17, 15) is 28.4 Å². The van der Waals surface area contributed by atoms with E-state index in [4.69, 9.17) is 0 Å². The molecule has 3 aromatic rings. The number of likely N-dealkylation sites (tertiary alicyclic amines) is 1. The third kappa shape index (κ3) is 6.39. The number of H-pyrrole nitrogens is 1. The highest BCUT2D eigenvalue weighted by Gasteiger charge is 2.40. The Balaban J connectivity index is 0.000000572. The maximum absolute atomic E-state index is 12.8. The van der Waals surface area contributed by atoms with Gasteiger partial charge in [-0.15, -0.1) is 0 Å². The van der Waals surface area contributed by atoms with Crippen molar-refractivity contribution in [2.75, 3.05) is 32.5 Å². The van der Waals surface area contributed by atoms with E-state index in [1.54, 1.807) is 22.9 Å². The van der Waals surface area contributed by atoms with E-state index < -0.39 is 21.7 Å². The summed E-state index contributed by atoms with van der Waals surface area (Å²) in [6, 6.07) is 9.97. The van der Waals surface area contributed by atoms with Gasteiger partial charge in [-0.3, -0.25) is 9.48 Å². The van der Waals surface area contributed by atoms with Gasteiger partial charge in [0.1, 0.15) is 5.39 Å². The van der Waals surface area contributed by atoms with Crippen LogP contribution in [0.1, 0.15) is 51.9 Å². The minimum atomic E-state index is -3.59. The molecule has 2 aromatic heterocycles. The summed E-state index contributed by atoms with van der Waals surface area (Å²) in [5, 5.41) is 26.9. The molecule has 1 saturated heterocycles. The first kappa shape index (κ1) is 30.1. The number of rotatable bonds is 6. The van der Waals surface area contributed by atoms with Crippen LogP contribution in [0.4, 0.5) is 16.3 Å². The van der Waals surface area contributed by atoms with E-state index in [1.807, 2.05) is 0 Å². The fraction of sp³-hybridized carbons (Fsp3) is 0.500. The van der Waals surface area contributed by atoms with Crippen molar-refractivity contribution in [3.63, 3.8) is 0 Å². The first-order valence-corrected chi connectivity index (χ1v) is 15.2. The van der Waals surface area contributed by atoms with Gasteiger partial charge in [-0.1, -0.05) is 32.6 Å². The third-order valence-electron chi connectivity index (χ3n) is 7.97. The van der Waals surface area contributed by atoms with Crippen molar-refractivity contribution in [2.24, 2.45) is 5.92 Å². The molecule has 1 saturated carbocycles. The van der Waals surface area contributed by atoms with Gasteiger partial charge in [0, 0.05) is 39.1 Å². The SMILES string of the molecule is CC1CCCC1.CN(C)S(=O)(=O)c1ccc(Nc2nn(C3(CC#N)CCN(C(=O)O)CC3)c3cc[nH]c(=O)c23)cc1. The van der Waals surface area contributed by atoms with Gasteiger partial charge in [-0.05, 0) is 49.1 Å². The number of hydrogen-bond donors (Lipinski definition) is 3. The number of anilines is 2. The zero-order chi connectivity index (χ0) is 29.8. The molecule has 0 radical (unpaired) electrons. The van der Waals surface area contributed by atoms with E-state index in [0.717, 1.165) is 10.2 Å². The normalized spacial score (nSPS) is 17.2. The number of pyridine rings is 1. The van der Waals surface area contributed by atoms with Gasteiger partial charge in [0.15, 0.2) is 5.82 Å². The molecule has 1 amide bonds. The number of sulfonamides is 1. The molecule has 13 heteroatoms. The quantitative estimate of drug-likeness (QED) is 0.387. The smallest absolute Gasteiger partial charge is 0.407 e. The second kappa shape index (κ2) is 12.3. The molecule has 0 atom stereocenters. The van der Waals surface area contributed by atoms with Crippen LogP contribution in [0.5, 0.6) is 0 Å². The van der Waals surface area contributed by atoms with Crippen molar-refractivity contribution < 1.29 is 18.3 Å². The Bertz CT molecular complexity index is 1570. The Labute approximate surface area is 239 Å². The van der Waals surface area contributed by atoms with Gasteiger partial charge in [-0.25, -0.2) is 17.5 Å². The van der Waals surface area contributed by atoms with Crippen LogP contribution in [0.2, 0.25) is 0 Å². The molecule has 220 valence electrons. The van der Waals surface area contributed by atoms with E-state index in [0.29, 0.717) is 24.0 Å². The van der Waals surface area contributed by atoms with Crippen molar-refractivity contribution in [1.82, 2.24) is 24.0 Å². The number of hydrogen-bond acceptors (Lipinski definition) is 7. The zero-order valence-electron chi connectivity index (χ0n) is 23.6. The van der Waals surface area contributed by atoms with Crippen LogP contribution in [0, 0.1) is 17.2 Å². The average molecular weight is 584 g/mol. The van der Waals surface area contributed by atoms with Crippen LogP contribution < -0.4 is 10.9 Å². The van der Waals surface area contributed by atoms with Crippen molar-refractivity contribution in [2.45, 2.75) is 62.3 Å². The predicted octanol–water partition coefficient (Wildman–Crippen LogP) is 4.30. The molecule has 2 aliphatic rings. The maximum atomic E-state index is 12.8. The Morgan fingerprint density at radius 3 is 2.34 bits per heavy atom. The fourth-order valence-electron chi connectivity index (χ4n) is 5.44. The van der Waals surface area contributed by atoms with E-state index in [1.165, 1.54) is 63.0 Å². The summed E-state index contributed by atoms with van der Waals surface area (Å²) in [6.45, 7) is 2.82. The number of nitrogens with zero attached hydrogens (tertiary/aromatic N) is 5. The number of carbonyl (C=O) groups is 1. The molecule has 3 heterocycles. The maximum Gasteiger partial charge on any atom is 0.407 e. The summed E-state index contributed by atoms with van der Waals surface area (Å²) in [5.74, 6) is 1.30.